The summed E-state index contributed by atoms with van der Waals surface area (Å²) in [5.41, 5.74) is 7.46. The average molecular weight is 288 g/mol. The van der Waals surface area contributed by atoms with Crippen molar-refractivity contribution in [2.24, 2.45) is 0 Å². The maximum Gasteiger partial charge on any atom is 0.0727 e. The van der Waals surface area contributed by atoms with E-state index in [1.54, 1.807) is 24.3 Å². The SMILES string of the molecule is Clc1ccc(NNc2ccccc2Cl)c(Cl)c1. The normalized spacial score (nSPS) is 10.1. The van der Waals surface area contributed by atoms with E-state index in [0.29, 0.717) is 15.1 Å². The van der Waals surface area contributed by atoms with Crippen molar-refractivity contribution in [1.82, 2.24) is 0 Å². The molecule has 2 N–H and O–H groups in total. The standard InChI is InChI=1S/C12H9Cl3N2/c13-8-5-6-12(10(15)7-8)17-16-11-4-2-1-3-9(11)14/h1-7,16-17H. The lowest BCUT2D eigenvalue weighted by molar-refractivity contribution is 1.41. The second-order valence-electron chi connectivity index (χ2n) is 3.35. The molecule has 0 unspecified atom stereocenters. The molecule has 5 heteroatoms. The summed E-state index contributed by atoms with van der Waals surface area (Å²) >= 11 is 17.8. The first-order valence-electron chi connectivity index (χ1n) is 4.88. The van der Waals surface area contributed by atoms with Crippen LogP contribution >= 0.6 is 34.8 Å². The lowest BCUT2D eigenvalue weighted by atomic mass is 10.3. The summed E-state index contributed by atoms with van der Waals surface area (Å²) in [6.07, 6.45) is 0. The van der Waals surface area contributed by atoms with Gasteiger partial charge in [0, 0.05) is 5.02 Å². The molecule has 88 valence electrons. The van der Waals surface area contributed by atoms with Gasteiger partial charge in [-0.1, -0.05) is 46.9 Å². The monoisotopic (exact) mass is 286 g/mol. The number of halogens is 3. The van der Waals surface area contributed by atoms with Crippen molar-refractivity contribution in [2.45, 2.75) is 0 Å². The molecule has 2 aromatic rings. The minimum Gasteiger partial charge on any atom is -0.299 e. The van der Waals surface area contributed by atoms with E-state index < -0.39 is 0 Å². The molecule has 0 spiro atoms. The van der Waals surface area contributed by atoms with Gasteiger partial charge in [-0.2, -0.15) is 0 Å². The van der Waals surface area contributed by atoms with E-state index in [9.17, 15) is 0 Å². The van der Waals surface area contributed by atoms with E-state index >= 15 is 0 Å². The number of nitrogens with one attached hydrogen (secondary N) is 2. The van der Waals surface area contributed by atoms with Crippen LogP contribution in [0, 0.1) is 0 Å². The fourth-order valence-corrected chi connectivity index (χ4v) is 1.93. The fourth-order valence-electron chi connectivity index (χ4n) is 1.29. The molecule has 2 nitrogen and oxygen atoms in total. The zero-order valence-electron chi connectivity index (χ0n) is 8.68. The Kier molecular flexibility index (Phi) is 4.00. The summed E-state index contributed by atoms with van der Waals surface area (Å²) in [6.45, 7) is 0. The second kappa shape index (κ2) is 5.50. The summed E-state index contributed by atoms with van der Waals surface area (Å²) in [6, 6.07) is 12.6. The van der Waals surface area contributed by atoms with Crippen molar-refractivity contribution in [1.29, 1.82) is 0 Å². The number of hydrogen-bond acceptors (Lipinski definition) is 2. The summed E-state index contributed by atoms with van der Waals surface area (Å²) in [5.74, 6) is 0. The molecule has 0 atom stereocenters. The number of hydrazine groups is 1. The summed E-state index contributed by atoms with van der Waals surface area (Å²) in [4.78, 5) is 0. The highest BCUT2D eigenvalue weighted by atomic mass is 35.5. The van der Waals surface area contributed by atoms with E-state index in [2.05, 4.69) is 10.9 Å². The summed E-state index contributed by atoms with van der Waals surface area (Å²) in [7, 11) is 0. The van der Waals surface area contributed by atoms with Gasteiger partial charge in [0.1, 0.15) is 0 Å². The molecule has 0 bridgehead atoms. The molecule has 17 heavy (non-hydrogen) atoms. The molecule has 0 saturated heterocycles. The van der Waals surface area contributed by atoms with E-state index in [-0.39, 0.29) is 0 Å². The number of para-hydroxylation sites is 1. The first-order valence-corrected chi connectivity index (χ1v) is 6.02. The van der Waals surface area contributed by atoms with Crippen LogP contribution in [0.1, 0.15) is 0 Å². The van der Waals surface area contributed by atoms with Crippen molar-refractivity contribution in [3.8, 4) is 0 Å². The Bertz CT molecular complexity index is 529. The Morgan fingerprint density at radius 1 is 0.706 bits per heavy atom. The van der Waals surface area contributed by atoms with Gasteiger partial charge in [-0.05, 0) is 30.3 Å². The van der Waals surface area contributed by atoms with Gasteiger partial charge in [0.25, 0.3) is 0 Å². The van der Waals surface area contributed by atoms with Gasteiger partial charge in [-0.25, -0.2) is 0 Å². The Hall–Kier alpha value is -1.09. The predicted octanol–water partition coefficient (Wildman–Crippen LogP) is 5.09. The van der Waals surface area contributed by atoms with Crippen molar-refractivity contribution in [3.05, 3.63) is 57.5 Å². The maximum atomic E-state index is 6.02. The average Bonchev–Trinajstić information content (AvgIpc) is 2.30. The largest absolute Gasteiger partial charge is 0.299 e. The topological polar surface area (TPSA) is 24.1 Å². The van der Waals surface area contributed by atoms with Gasteiger partial charge in [-0.3, -0.25) is 10.9 Å². The van der Waals surface area contributed by atoms with Crippen molar-refractivity contribution in [3.63, 3.8) is 0 Å². The third-order valence-electron chi connectivity index (χ3n) is 2.14. The van der Waals surface area contributed by atoms with Crippen LogP contribution in [0.25, 0.3) is 0 Å². The third kappa shape index (κ3) is 3.19. The van der Waals surface area contributed by atoms with Crippen molar-refractivity contribution >= 4 is 46.2 Å². The minimum absolute atomic E-state index is 0.539. The van der Waals surface area contributed by atoms with E-state index in [1.165, 1.54) is 0 Å². The molecule has 0 radical (unpaired) electrons. The molecule has 0 heterocycles. The van der Waals surface area contributed by atoms with Crippen molar-refractivity contribution in [2.75, 3.05) is 10.9 Å². The van der Waals surface area contributed by atoms with E-state index in [4.69, 9.17) is 34.8 Å². The Balaban J connectivity index is 2.10. The van der Waals surface area contributed by atoms with Crippen LogP contribution in [-0.2, 0) is 0 Å². The Labute approximate surface area is 114 Å². The van der Waals surface area contributed by atoms with Crippen molar-refractivity contribution < 1.29 is 0 Å². The molecule has 0 aliphatic carbocycles. The number of benzene rings is 2. The number of anilines is 2. The highest BCUT2D eigenvalue weighted by molar-refractivity contribution is 6.36. The Morgan fingerprint density at radius 2 is 1.35 bits per heavy atom. The predicted molar refractivity (Wildman–Crippen MR) is 75.2 cm³/mol. The van der Waals surface area contributed by atoms with Gasteiger partial charge < -0.3 is 0 Å². The highest BCUT2D eigenvalue weighted by Crippen LogP contribution is 2.26. The first kappa shape index (κ1) is 12.4. The lowest BCUT2D eigenvalue weighted by Gasteiger charge is -2.12. The molecule has 0 amide bonds. The fraction of sp³-hybridized carbons (Fsp3) is 0. The molecule has 0 fully saturated rings. The maximum absolute atomic E-state index is 6.02. The van der Waals surface area contributed by atoms with Gasteiger partial charge in [0.05, 0.1) is 21.4 Å². The van der Waals surface area contributed by atoms with Crippen LogP contribution in [0.3, 0.4) is 0 Å². The molecule has 0 saturated carbocycles. The van der Waals surface area contributed by atoms with Crippen LogP contribution in [0.15, 0.2) is 42.5 Å². The molecule has 2 rings (SSSR count). The Morgan fingerprint density at radius 3 is 2.00 bits per heavy atom. The first-order chi connectivity index (χ1) is 8.16. The zero-order chi connectivity index (χ0) is 12.3. The third-order valence-corrected chi connectivity index (χ3v) is 3.01. The van der Waals surface area contributed by atoms with Gasteiger partial charge >= 0.3 is 0 Å². The lowest BCUT2D eigenvalue weighted by Crippen LogP contribution is -2.09. The van der Waals surface area contributed by atoms with Crippen LogP contribution in [-0.4, -0.2) is 0 Å². The minimum atomic E-state index is 0.539. The molecule has 0 aliphatic heterocycles. The van der Waals surface area contributed by atoms with Crippen LogP contribution in [0.5, 0.6) is 0 Å². The van der Waals surface area contributed by atoms with Gasteiger partial charge in [0.15, 0.2) is 0 Å². The molecular weight excluding hydrogens is 279 g/mol. The molecule has 0 aliphatic rings. The smallest absolute Gasteiger partial charge is 0.0727 e. The summed E-state index contributed by atoms with van der Waals surface area (Å²) in [5, 5.41) is 1.76. The highest BCUT2D eigenvalue weighted by Gasteiger charge is 2.01. The molecule has 0 aromatic heterocycles. The zero-order valence-corrected chi connectivity index (χ0v) is 10.9. The summed E-state index contributed by atoms with van der Waals surface area (Å²) < 4.78 is 0. The van der Waals surface area contributed by atoms with E-state index in [1.807, 2.05) is 18.2 Å². The second-order valence-corrected chi connectivity index (χ2v) is 4.60. The van der Waals surface area contributed by atoms with Gasteiger partial charge in [0.2, 0.25) is 0 Å². The number of rotatable bonds is 3. The van der Waals surface area contributed by atoms with Crippen LogP contribution in [0.2, 0.25) is 15.1 Å². The molecular formula is C12H9Cl3N2. The number of hydrogen-bond donors (Lipinski definition) is 2. The molecule has 2 aromatic carbocycles. The van der Waals surface area contributed by atoms with Crippen LogP contribution < -0.4 is 10.9 Å². The van der Waals surface area contributed by atoms with E-state index in [0.717, 1.165) is 11.4 Å². The quantitative estimate of drug-likeness (QED) is 0.769. The van der Waals surface area contributed by atoms with Crippen LogP contribution in [0.4, 0.5) is 11.4 Å². The van der Waals surface area contributed by atoms with Gasteiger partial charge in [-0.15, -0.1) is 0 Å².